The maximum Gasteiger partial charge on any atom is 0.343 e. The van der Waals surface area contributed by atoms with Gasteiger partial charge in [0, 0.05) is 6.54 Å². The van der Waals surface area contributed by atoms with E-state index in [0.29, 0.717) is 25.5 Å². The molecule has 0 aliphatic carbocycles. The van der Waals surface area contributed by atoms with Crippen LogP contribution in [0, 0.1) is 0 Å². The van der Waals surface area contributed by atoms with Gasteiger partial charge in [0.05, 0.1) is 19.6 Å². The van der Waals surface area contributed by atoms with Crippen molar-refractivity contribution >= 4 is 5.91 Å². The molecule has 0 bridgehead atoms. The molecule has 1 aromatic heterocycles. The second kappa shape index (κ2) is 5.92. The lowest BCUT2D eigenvalue weighted by Crippen LogP contribution is -2.32. The van der Waals surface area contributed by atoms with Crippen molar-refractivity contribution in [1.29, 1.82) is 0 Å². The molecule has 0 fully saturated rings. The molecule has 2 aromatic rings. The summed E-state index contributed by atoms with van der Waals surface area (Å²) in [4.78, 5) is 23.5. The third-order valence-electron chi connectivity index (χ3n) is 3.41. The Morgan fingerprint density at radius 1 is 1.43 bits per heavy atom. The minimum atomic E-state index is -0.478. The van der Waals surface area contributed by atoms with Crippen LogP contribution in [0.5, 0.6) is 0 Å². The van der Waals surface area contributed by atoms with Crippen LogP contribution in [0.4, 0.5) is 0 Å². The number of carbonyl (C=O) groups is 1. The number of ether oxygens (including phenoxy) is 1. The minimum absolute atomic E-state index is 0.132. The molecular formula is C14H16N4O3. The Hall–Kier alpha value is -2.41. The summed E-state index contributed by atoms with van der Waals surface area (Å²) >= 11 is 0. The van der Waals surface area contributed by atoms with E-state index < -0.39 is 6.10 Å². The number of hydrogen-bond donors (Lipinski definition) is 2. The lowest BCUT2D eigenvalue weighted by Gasteiger charge is -2.22. The highest BCUT2D eigenvalue weighted by Crippen LogP contribution is 2.21. The van der Waals surface area contributed by atoms with Crippen molar-refractivity contribution in [3.63, 3.8) is 0 Å². The van der Waals surface area contributed by atoms with Gasteiger partial charge in [-0.3, -0.25) is 9.36 Å². The van der Waals surface area contributed by atoms with Crippen molar-refractivity contribution in [2.45, 2.75) is 25.6 Å². The smallest absolute Gasteiger partial charge is 0.343 e. The molecule has 1 atom stereocenters. The summed E-state index contributed by atoms with van der Waals surface area (Å²) < 4.78 is 7.05. The molecule has 2 heterocycles. The summed E-state index contributed by atoms with van der Waals surface area (Å²) in [5, 5.41) is 9.15. The number of hydrogen-bond acceptors (Lipinski definition) is 4. The fraction of sp³-hybridized carbons (Fsp3) is 0.357. The fourth-order valence-electron chi connectivity index (χ4n) is 2.34. The van der Waals surface area contributed by atoms with E-state index in [4.69, 9.17) is 4.74 Å². The van der Waals surface area contributed by atoms with Gasteiger partial charge in [-0.05, 0) is 5.56 Å². The number of aromatic nitrogens is 3. The highest BCUT2D eigenvalue weighted by Gasteiger charge is 2.26. The van der Waals surface area contributed by atoms with Crippen molar-refractivity contribution in [2.24, 2.45) is 0 Å². The molecule has 7 heteroatoms. The quantitative estimate of drug-likeness (QED) is 0.849. The van der Waals surface area contributed by atoms with Crippen molar-refractivity contribution < 1.29 is 9.53 Å². The lowest BCUT2D eigenvalue weighted by molar-refractivity contribution is -0.125. The number of benzene rings is 1. The maximum absolute atomic E-state index is 12.0. The first kappa shape index (κ1) is 13.6. The standard InChI is InChI=1S/C14H16N4O3/c19-12(15-9-10-4-2-1-3-5-10)8-11-13-16-17-14(20)18(13)6-7-21-11/h1-5,11H,6-9H2,(H,15,19)(H,17,20). The SMILES string of the molecule is O=C(CC1OCCn2c1n[nH]c2=O)NCc1ccccc1. The topological polar surface area (TPSA) is 89.0 Å². The zero-order chi connectivity index (χ0) is 14.7. The molecule has 3 rings (SSSR count). The van der Waals surface area contributed by atoms with Gasteiger partial charge >= 0.3 is 5.69 Å². The summed E-state index contributed by atoms with van der Waals surface area (Å²) in [5.74, 6) is 0.355. The van der Waals surface area contributed by atoms with Crippen molar-refractivity contribution in [2.75, 3.05) is 6.61 Å². The van der Waals surface area contributed by atoms with Crippen LogP contribution in [0.1, 0.15) is 23.9 Å². The Morgan fingerprint density at radius 3 is 3.05 bits per heavy atom. The summed E-state index contributed by atoms with van der Waals surface area (Å²) in [5.41, 5.74) is 0.773. The van der Waals surface area contributed by atoms with E-state index in [1.807, 2.05) is 30.3 Å². The van der Waals surface area contributed by atoms with E-state index in [1.54, 1.807) is 0 Å². The highest BCUT2D eigenvalue weighted by molar-refractivity contribution is 5.76. The first-order chi connectivity index (χ1) is 10.2. The number of amides is 1. The van der Waals surface area contributed by atoms with Crippen molar-refractivity contribution in [3.8, 4) is 0 Å². The number of nitrogens with zero attached hydrogens (tertiary/aromatic N) is 2. The molecule has 0 saturated carbocycles. The number of aromatic amines is 1. The van der Waals surface area contributed by atoms with Gasteiger partial charge in [-0.25, -0.2) is 9.89 Å². The Kier molecular flexibility index (Phi) is 3.83. The monoisotopic (exact) mass is 288 g/mol. The first-order valence-electron chi connectivity index (χ1n) is 6.81. The molecule has 21 heavy (non-hydrogen) atoms. The molecule has 1 aliphatic rings. The van der Waals surface area contributed by atoms with Crippen LogP contribution in [-0.2, 0) is 22.6 Å². The van der Waals surface area contributed by atoms with Crippen LogP contribution in [0.25, 0.3) is 0 Å². The third-order valence-corrected chi connectivity index (χ3v) is 3.41. The summed E-state index contributed by atoms with van der Waals surface area (Å²) in [6.45, 7) is 1.34. The fourth-order valence-corrected chi connectivity index (χ4v) is 2.34. The Morgan fingerprint density at radius 2 is 2.24 bits per heavy atom. The lowest BCUT2D eigenvalue weighted by atomic mass is 10.2. The van der Waals surface area contributed by atoms with Gasteiger partial charge in [0.1, 0.15) is 6.10 Å². The molecular weight excluding hydrogens is 272 g/mol. The molecule has 2 N–H and O–H groups in total. The van der Waals surface area contributed by atoms with Gasteiger partial charge in [0.15, 0.2) is 5.82 Å². The third kappa shape index (κ3) is 3.03. The van der Waals surface area contributed by atoms with Gasteiger partial charge < -0.3 is 10.1 Å². The van der Waals surface area contributed by atoms with Gasteiger partial charge in [0.25, 0.3) is 0 Å². The molecule has 110 valence electrons. The molecule has 1 aromatic carbocycles. The van der Waals surface area contributed by atoms with Crippen LogP contribution < -0.4 is 11.0 Å². The van der Waals surface area contributed by atoms with Gasteiger partial charge in [-0.2, -0.15) is 5.10 Å². The second-order valence-electron chi connectivity index (χ2n) is 4.86. The van der Waals surface area contributed by atoms with Gasteiger partial charge in [-0.15, -0.1) is 0 Å². The Labute approximate surface area is 120 Å². The predicted octanol–water partition coefficient (Wildman–Crippen LogP) is 0.349. The highest BCUT2D eigenvalue weighted by atomic mass is 16.5. The number of H-pyrrole nitrogens is 1. The zero-order valence-corrected chi connectivity index (χ0v) is 11.4. The molecule has 1 aliphatic heterocycles. The normalized spacial score (nSPS) is 17.2. The molecule has 7 nitrogen and oxygen atoms in total. The van der Waals surface area contributed by atoms with E-state index in [-0.39, 0.29) is 18.0 Å². The zero-order valence-electron chi connectivity index (χ0n) is 11.4. The molecule has 0 radical (unpaired) electrons. The van der Waals surface area contributed by atoms with E-state index in [2.05, 4.69) is 15.5 Å². The van der Waals surface area contributed by atoms with Gasteiger partial charge in [-0.1, -0.05) is 30.3 Å². The largest absolute Gasteiger partial charge is 0.368 e. The van der Waals surface area contributed by atoms with E-state index >= 15 is 0 Å². The second-order valence-corrected chi connectivity index (χ2v) is 4.86. The number of carbonyl (C=O) groups excluding carboxylic acids is 1. The van der Waals surface area contributed by atoms with Crippen LogP contribution in [0.2, 0.25) is 0 Å². The number of nitrogens with one attached hydrogen (secondary N) is 2. The summed E-state index contributed by atoms with van der Waals surface area (Å²) in [6, 6.07) is 9.67. The molecule has 0 saturated heterocycles. The predicted molar refractivity (Wildman–Crippen MR) is 74.4 cm³/mol. The van der Waals surface area contributed by atoms with Crippen LogP contribution in [0.15, 0.2) is 35.1 Å². The van der Waals surface area contributed by atoms with Crippen LogP contribution in [0.3, 0.4) is 0 Å². The number of fused-ring (bicyclic) bond motifs is 1. The maximum atomic E-state index is 12.0. The van der Waals surface area contributed by atoms with E-state index in [0.717, 1.165) is 5.56 Å². The Balaban J connectivity index is 1.60. The minimum Gasteiger partial charge on any atom is -0.368 e. The van der Waals surface area contributed by atoms with Gasteiger partial charge in [0.2, 0.25) is 5.91 Å². The molecule has 0 spiro atoms. The molecule has 1 unspecified atom stereocenters. The summed E-state index contributed by atoms with van der Waals surface area (Å²) in [7, 11) is 0. The average Bonchev–Trinajstić information content (AvgIpc) is 2.89. The van der Waals surface area contributed by atoms with Crippen LogP contribution >= 0.6 is 0 Å². The summed E-state index contributed by atoms with van der Waals surface area (Å²) in [6.07, 6.45) is -0.328. The van der Waals surface area contributed by atoms with E-state index in [9.17, 15) is 9.59 Å². The van der Waals surface area contributed by atoms with Crippen LogP contribution in [-0.4, -0.2) is 27.3 Å². The first-order valence-corrected chi connectivity index (χ1v) is 6.81. The van der Waals surface area contributed by atoms with E-state index in [1.165, 1.54) is 4.57 Å². The Bertz CT molecular complexity index is 677. The number of rotatable bonds is 4. The van der Waals surface area contributed by atoms with Crippen molar-refractivity contribution in [3.05, 3.63) is 52.2 Å². The van der Waals surface area contributed by atoms with Crippen molar-refractivity contribution in [1.82, 2.24) is 20.1 Å². The molecule has 1 amide bonds. The average molecular weight is 288 g/mol.